The molecule has 0 aliphatic carbocycles. The Morgan fingerprint density at radius 1 is 1.12 bits per heavy atom. The van der Waals surface area contributed by atoms with E-state index in [4.69, 9.17) is 9.73 Å². The van der Waals surface area contributed by atoms with Gasteiger partial charge in [-0.05, 0) is 63.0 Å². The fourth-order valence-corrected chi connectivity index (χ4v) is 4.03. The average Bonchev–Trinajstić information content (AvgIpc) is 2.63. The monoisotopic (exact) mass is 349 g/mol. The highest BCUT2D eigenvalue weighted by Gasteiger charge is 2.33. The van der Waals surface area contributed by atoms with Crippen LogP contribution in [0.2, 0.25) is 0 Å². The number of hydrogen-bond acceptors (Lipinski definition) is 2. The van der Waals surface area contributed by atoms with Crippen molar-refractivity contribution in [3.63, 3.8) is 0 Å². The van der Waals surface area contributed by atoms with E-state index in [0.29, 0.717) is 11.8 Å². The van der Waals surface area contributed by atoms with Crippen LogP contribution < -0.4 is 0 Å². The van der Waals surface area contributed by atoms with Crippen molar-refractivity contribution in [2.75, 3.05) is 13.2 Å². The van der Waals surface area contributed by atoms with E-state index in [-0.39, 0.29) is 5.60 Å². The van der Waals surface area contributed by atoms with Crippen molar-refractivity contribution in [1.82, 2.24) is 0 Å². The lowest BCUT2D eigenvalue weighted by Crippen LogP contribution is -2.36. The highest BCUT2D eigenvalue weighted by Crippen LogP contribution is 2.40. The fraction of sp³-hybridized carbons (Fsp3) is 0.458. The lowest BCUT2D eigenvalue weighted by molar-refractivity contribution is -0.0771. The molecular weight excluding hydrogens is 318 g/mol. The first-order valence-electron chi connectivity index (χ1n) is 9.79. The van der Waals surface area contributed by atoms with E-state index in [1.54, 1.807) is 0 Å². The van der Waals surface area contributed by atoms with Gasteiger partial charge in [0.15, 0.2) is 0 Å². The third-order valence-electron chi connectivity index (χ3n) is 5.42. The van der Waals surface area contributed by atoms with E-state index in [1.165, 1.54) is 16.7 Å². The molecular formula is C24H31NO. The highest BCUT2D eigenvalue weighted by atomic mass is 16.5. The van der Waals surface area contributed by atoms with Crippen molar-refractivity contribution in [2.45, 2.75) is 51.6 Å². The van der Waals surface area contributed by atoms with Crippen LogP contribution in [0.1, 0.15) is 55.7 Å². The quantitative estimate of drug-likeness (QED) is 0.605. The first-order chi connectivity index (χ1) is 12.5. The summed E-state index contributed by atoms with van der Waals surface area (Å²) in [6, 6.07) is 19.4. The maximum Gasteiger partial charge on any atom is 0.0629 e. The van der Waals surface area contributed by atoms with Crippen molar-refractivity contribution in [2.24, 2.45) is 10.9 Å². The molecule has 2 nitrogen and oxygen atoms in total. The summed E-state index contributed by atoms with van der Waals surface area (Å²) in [5, 5.41) is 0. The molecule has 0 spiro atoms. The maximum atomic E-state index is 5.95. The van der Waals surface area contributed by atoms with E-state index in [0.717, 1.165) is 32.4 Å². The van der Waals surface area contributed by atoms with E-state index in [9.17, 15) is 0 Å². The summed E-state index contributed by atoms with van der Waals surface area (Å²) in [5.74, 6) is 1.21. The third-order valence-corrected chi connectivity index (χ3v) is 5.42. The van der Waals surface area contributed by atoms with Crippen LogP contribution in [0.4, 0.5) is 0 Å². The van der Waals surface area contributed by atoms with Gasteiger partial charge in [-0.2, -0.15) is 0 Å². The van der Waals surface area contributed by atoms with E-state index < -0.39 is 0 Å². The van der Waals surface area contributed by atoms with Gasteiger partial charge < -0.3 is 4.74 Å². The second-order valence-corrected chi connectivity index (χ2v) is 8.11. The third kappa shape index (κ3) is 5.28. The minimum atomic E-state index is -0.0147. The summed E-state index contributed by atoms with van der Waals surface area (Å²) in [7, 11) is 0. The van der Waals surface area contributed by atoms with Crippen molar-refractivity contribution < 1.29 is 4.74 Å². The Morgan fingerprint density at radius 2 is 1.85 bits per heavy atom. The van der Waals surface area contributed by atoms with Gasteiger partial charge in [0.2, 0.25) is 0 Å². The van der Waals surface area contributed by atoms with Gasteiger partial charge in [0.1, 0.15) is 0 Å². The van der Waals surface area contributed by atoms with Crippen LogP contribution in [0.25, 0.3) is 0 Å². The van der Waals surface area contributed by atoms with Gasteiger partial charge >= 0.3 is 0 Å². The molecule has 0 N–H and O–H groups in total. The smallest absolute Gasteiger partial charge is 0.0629 e. The second kappa shape index (κ2) is 8.64. The van der Waals surface area contributed by atoms with E-state index in [1.807, 2.05) is 12.3 Å². The lowest BCUT2D eigenvalue weighted by atomic mass is 9.75. The molecule has 0 aromatic heterocycles. The predicted octanol–water partition coefficient (Wildman–Crippen LogP) is 5.79. The van der Waals surface area contributed by atoms with Crippen LogP contribution >= 0.6 is 0 Å². The Balaban J connectivity index is 1.70. The molecule has 2 unspecified atom stereocenters. The van der Waals surface area contributed by atoms with Gasteiger partial charge in [-0.15, -0.1) is 0 Å². The number of aliphatic imine (C=N–C) groups is 1. The molecule has 2 atom stereocenters. The lowest BCUT2D eigenvalue weighted by Gasteiger charge is -2.39. The Labute approximate surface area is 158 Å². The van der Waals surface area contributed by atoms with Crippen molar-refractivity contribution in [3.05, 3.63) is 71.3 Å². The molecule has 26 heavy (non-hydrogen) atoms. The summed E-state index contributed by atoms with van der Waals surface area (Å²) in [6.45, 7) is 8.33. The van der Waals surface area contributed by atoms with Crippen LogP contribution in [-0.4, -0.2) is 25.0 Å². The Bertz CT molecular complexity index is 703. The molecule has 3 rings (SSSR count). The Morgan fingerprint density at radius 3 is 2.54 bits per heavy atom. The summed E-state index contributed by atoms with van der Waals surface area (Å²) >= 11 is 0. The molecule has 1 aliphatic rings. The fourth-order valence-electron chi connectivity index (χ4n) is 4.03. The van der Waals surface area contributed by atoms with E-state index in [2.05, 4.69) is 69.3 Å². The molecule has 2 aromatic carbocycles. The number of rotatable bonds is 6. The first-order valence-corrected chi connectivity index (χ1v) is 9.79. The van der Waals surface area contributed by atoms with Crippen LogP contribution in [0.3, 0.4) is 0 Å². The zero-order chi connectivity index (χ0) is 18.4. The maximum absolute atomic E-state index is 5.95. The van der Waals surface area contributed by atoms with E-state index >= 15 is 0 Å². The standard InChI is InChI=1S/C24H31NO/c1-19-9-11-21(12-10-19)23(22-14-16-26-24(2,3)17-22)13-15-25-18-20-7-5-4-6-8-20/h4-12,18,22-23H,13-17H2,1-3H3. The van der Waals surface area contributed by atoms with Gasteiger partial charge in [0.25, 0.3) is 0 Å². The summed E-state index contributed by atoms with van der Waals surface area (Å²) in [4.78, 5) is 4.70. The second-order valence-electron chi connectivity index (χ2n) is 8.11. The number of aryl methyl sites for hydroxylation is 1. The Hall–Kier alpha value is -1.93. The predicted molar refractivity (Wildman–Crippen MR) is 110 cm³/mol. The molecule has 2 aromatic rings. The summed E-state index contributed by atoms with van der Waals surface area (Å²) < 4.78 is 5.95. The molecule has 0 bridgehead atoms. The molecule has 138 valence electrons. The van der Waals surface area contributed by atoms with Gasteiger partial charge in [-0.3, -0.25) is 4.99 Å². The molecule has 1 saturated heterocycles. The summed E-state index contributed by atoms with van der Waals surface area (Å²) in [6.07, 6.45) is 5.35. The van der Waals surface area contributed by atoms with Crippen molar-refractivity contribution >= 4 is 6.21 Å². The van der Waals surface area contributed by atoms with Gasteiger partial charge in [0.05, 0.1) is 5.60 Å². The molecule has 1 fully saturated rings. The molecule has 0 radical (unpaired) electrons. The number of ether oxygens (including phenoxy) is 1. The van der Waals surface area contributed by atoms with Crippen LogP contribution in [0.15, 0.2) is 59.6 Å². The molecule has 2 heteroatoms. The highest BCUT2D eigenvalue weighted by molar-refractivity contribution is 5.79. The van der Waals surface area contributed by atoms with Crippen molar-refractivity contribution in [3.8, 4) is 0 Å². The van der Waals surface area contributed by atoms with Gasteiger partial charge in [-0.25, -0.2) is 0 Å². The van der Waals surface area contributed by atoms with Crippen molar-refractivity contribution in [1.29, 1.82) is 0 Å². The molecule has 1 aliphatic heterocycles. The first kappa shape index (κ1) is 18.8. The Kier molecular flexibility index (Phi) is 6.26. The average molecular weight is 350 g/mol. The SMILES string of the molecule is Cc1ccc(C(CCN=Cc2ccccc2)C2CCOC(C)(C)C2)cc1. The zero-order valence-electron chi connectivity index (χ0n) is 16.3. The summed E-state index contributed by atoms with van der Waals surface area (Å²) in [5.41, 5.74) is 3.93. The largest absolute Gasteiger partial charge is 0.376 e. The molecule has 0 amide bonds. The minimum absolute atomic E-state index is 0.0147. The zero-order valence-corrected chi connectivity index (χ0v) is 16.3. The number of nitrogens with zero attached hydrogens (tertiary/aromatic N) is 1. The number of hydrogen-bond donors (Lipinski definition) is 0. The van der Waals surface area contributed by atoms with Crippen LogP contribution in [-0.2, 0) is 4.74 Å². The van der Waals surface area contributed by atoms with Crippen LogP contribution in [0, 0.1) is 12.8 Å². The van der Waals surface area contributed by atoms with Gasteiger partial charge in [0, 0.05) is 19.4 Å². The number of benzene rings is 2. The molecule has 0 saturated carbocycles. The normalized spacial score (nSPS) is 21.0. The molecule has 1 heterocycles. The van der Waals surface area contributed by atoms with Gasteiger partial charge in [-0.1, -0.05) is 60.2 Å². The van der Waals surface area contributed by atoms with Crippen LogP contribution in [0.5, 0.6) is 0 Å². The topological polar surface area (TPSA) is 21.6 Å². The minimum Gasteiger partial charge on any atom is -0.376 e.